The van der Waals surface area contributed by atoms with Crippen molar-refractivity contribution in [1.82, 2.24) is 9.80 Å². The van der Waals surface area contributed by atoms with E-state index in [0.717, 1.165) is 44.0 Å². The molecule has 1 aromatic carbocycles. The van der Waals surface area contributed by atoms with Gasteiger partial charge in [0.05, 0.1) is 6.42 Å². The minimum Gasteiger partial charge on any atom is -0.340 e. The summed E-state index contributed by atoms with van der Waals surface area (Å²) in [6.45, 7) is 8.23. The number of nitrogens with one attached hydrogen (secondary N) is 1. The molecule has 1 aromatic rings. The molecule has 1 saturated heterocycles. The number of anilines is 1. The van der Waals surface area contributed by atoms with Gasteiger partial charge in [0, 0.05) is 38.8 Å². The van der Waals surface area contributed by atoms with Crippen molar-refractivity contribution in [1.29, 1.82) is 0 Å². The van der Waals surface area contributed by atoms with Crippen LogP contribution in [0.4, 0.5) is 5.69 Å². The van der Waals surface area contributed by atoms with Gasteiger partial charge in [-0.25, -0.2) is 0 Å². The largest absolute Gasteiger partial charge is 0.340 e. The first-order valence-electron chi connectivity index (χ1n) is 7.45. The van der Waals surface area contributed by atoms with Crippen molar-refractivity contribution in [3.8, 4) is 0 Å². The standard InChI is InChI=1S/C16H23N3O2/c1-3-18-8-10-19(11-9-18)16(21)12-14-4-6-15(7-5-14)17-13(2)20/h4-7H,3,8-12H2,1-2H3,(H,17,20). The van der Waals surface area contributed by atoms with Gasteiger partial charge in [-0.3, -0.25) is 9.59 Å². The van der Waals surface area contributed by atoms with Gasteiger partial charge < -0.3 is 15.1 Å². The normalized spacial score (nSPS) is 15.8. The predicted molar refractivity (Wildman–Crippen MR) is 83.1 cm³/mol. The maximum absolute atomic E-state index is 12.3. The van der Waals surface area contributed by atoms with Crippen molar-refractivity contribution in [3.05, 3.63) is 29.8 Å². The fourth-order valence-electron chi connectivity index (χ4n) is 2.51. The number of benzene rings is 1. The quantitative estimate of drug-likeness (QED) is 0.910. The van der Waals surface area contributed by atoms with Crippen LogP contribution in [0.5, 0.6) is 0 Å². The second-order valence-electron chi connectivity index (χ2n) is 5.37. The Kier molecular flexibility index (Phi) is 5.33. The number of nitrogens with zero attached hydrogens (tertiary/aromatic N) is 2. The molecule has 2 amide bonds. The van der Waals surface area contributed by atoms with Crippen LogP contribution < -0.4 is 5.32 Å². The Hall–Kier alpha value is -1.88. The van der Waals surface area contributed by atoms with Crippen LogP contribution in [0.3, 0.4) is 0 Å². The second kappa shape index (κ2) is 7.22. The topological polar surface area (TPSA) is 52.6 Å². The zero-order valence-electron chi connectivity index (χ0n) is 12.8. The van der Waals surface area contributed by atoms with Crippen molar-refractivity contribution >= 4 is 17.5 Å². The van der Waals surface area contributed by atoms with Gasteiger partial charge in [0.2, 0.25) is 11.8 Å². The SMILES string of the molecule is CCN1CCN(C(=O)Cc2ccc(NC(C)=O)cc2)CC1. The molecule has 1 fully saturated rings. The van der Waals surface area contributed by atoms with Gasteiger partial charge in [-0.15, -0.1) is 0 Å². The minimum atomic E-state index is -0.0902. The summed E-state index contributed by atoms with van der Waals surface area (Å²) in [6, 6.07) is 7.45. The van der Waals surface area contributed by atoms with E-state index < -0.39 is 0 Å². The molecular weight excluding hydrogens is 266 g/mol. The molecule has 1 aliphatic rings. The van der Waals surface area contributed by atoms with Gasteiger partial charge in [0.15, 0.2) is 0 Å². The number of carbonyl (C=O) groups is 2. The lowest BCUT2D eigenvalue weighted by Gasteiger charge is -2.34. The molecule has 0 aliphatic carbocycles. The predicted octanol–water partition coefficient (Wildman–Crippen LogP) is 1.35. The highest BCUT2D eigenvalue weighted by Gasteiger charge is 2.19. The summed E-state index contributed by atoms with van der Waals surface area (Å²) in [7, 11) is 0. The average molecular weight is 289 g/mol. The van der Waals surface area contributed by atoms with E-state index in [2.05, 4.69) is 17.1 Å². The van der Waals surface area contributed by atoms with Crippen LogP contribution >= 0.6 is 0 Å². The number of hydrogen-bond acceptors (Lipinski definition) is 3. The van der Waals surface area contributed by atoms with Gasteiger partial charge in [0.25, 0.3) is 0 Å². The lowest BCUT2D eigenvalue weighted by molar-refractivity contribution is -0.132. The summed E-state index contributed by atoms with van der Waals surface area (Å²) >= 11 is 0. The van der Waals surface area contributed by atoms with Gasteiger partial charge in [-0.05, 0) is 24.2 Å². The summed E-state index contributed by atoms with van der Waals surface area (Å²) in [5.74, 6) is 0.0886. The second-order valence-corrected chi connectivity index (χ2v) is 5.37. The van der Waals surface area contributed by atoms with Crippen molar-refractivity contribution in [3.63, 3.8) is 0 Å². The number of rotatable bonds is 4. The maximum Gasteiger partial charge on any atom is 0.227 e. The zero-order chi connectivity index (χ0) is 15.2. The molecule has 5 heteroatoms. The number of carbonyl (C=O) groups excluding carboxylic acids is 2. The highest BCUT2D eigenvalue weighted by atomic mass is 16.2. The van der Waals surface area contributed by atoms with E-state index in [0.29, 0.717) is 6.42 Å². The summed E-state index contributed by atoms with van der Waals surface area (Å²) in [4.78, 5) is 27.5. The highest BCUT2D eigenvalue weighted by Crippen LogP contribution is 2.12. The Morgan fingerprint density at radius 3 is 2.24 bits per heavy atom. The minimum absolute atomic E-state index is 0.0902. The molecule has 0 radical (unpaired) electrons. The van der Waals surface area contributed by atoms with E-state index in [-0.39, 0.29) is 11.8 Å². The Labute approximate surface area is 125 Å². The summed E-state index contributed by atoms with van der Waals surface area (Å²) in [5, 5.41) is 2.72. The van der Waals surface area contributed by atoms with Crippen LogP contribution in [0.25, 0.3) is 0 Å². The number of piperazine rings is 1. The van der Waals surface area contributed by atoms with Crippen molar-refractivity contribution < 1.29 is 9.59 Å². The van der Waals surface area contributed by atoms with E-state index in [4.69, 9.17) is 0 Å². The third kappa shape index (κ3) is 4.56. The van der Waals surface area contributed by atoms with E-state index >= 15 is 0 Å². The van der Waals surface area contributed by atoms with E-state index in [1.807, 2.05) is 29.2 Å². The third-order valence-corrected chi connectivity index (χ3v) is 3.80. The molecule has 114 valence electrons. The van der Waals surface area contributed by atoms with Crippen molar-refractivity contribution in [2.75, 3.05) is 38.0 Å². The first-order chi connectivity index (χ1) is 10.1. The highest BCUT2D eigenvalue weighted by molar-refractivity contribution is 5.88. The Morgan fingerprint density at radius 2 is 1.71 bits per heavy atom. The maximum atomic E-state index is 12.3. The monoisotopic (exact) mass is 289 g/mol. The molecule has 2 rings (SSSR count). The molecule has 0 unspecified atom stereocenters. The fourth-order valence-corrected chi connectivity index (χ4v) is 2.51. The fraction of sp³-hybridized carbons (Fsp3) is 0.500. The molecule has 1 heterocycles. The molecule has 0 aromatic heterocycles. The van der Waals surface area contributed by atoms with Crippen LogP contribution in [0, 0.1) is 0 Å². The molecule has 0 atom stereocenters. The van der Waals surface area contributed by atoms with Gasteiger partial charge in [-0.1, -0.05) is 19.1 Å². The van der Waals surface area contributed by atoms with Crippen LogP contribution in [0.15, 0.2) is 24.3 Å². The number of likely N-dealkylation sites (N-methyl/N-ethyl adjacent to an activating group) is 1. The van der Waals surface area contributed by atoms with Crippen LogP contribution in [-0.2, 0) is 16.0 Å². The van der Waals surface area contributed by atoms with E-state index in [1.54, 1.807) is 0 Å². The Morgan fingerprint density at radius 1 is 1.10 bits per heavy atom. The Bertz CT molecular complexity index is 491. The van der Waals surface area contributed by atoms with E-state index in [1.165, 1.54) is 6.92 Å². The molecule has 21 heavy (non-hydrogen) atoms. The zero-order valence-corrected chi connectivity index (χ0v) is 12.8. The lowest BCUT2D eigenvalue weighted by atomic mass is 10.1. The van der Waals surface area contributed by atoms with Crippen LogP contribution in [-0.4, -0.2) is 54.3 Å². The molecule has 5 nitrogen and oxygen atoms in total. The van der Waals surface area contributed by atoms with Crippen molar-refractivity contribution in [2.24, 2.45) is 0 Å². The molecule has 0 spiro atoms. The molecule has 1 N–H and O–H groups in total. The van der Waals surface area contributed by atoms with Gasteiger partial charge >= 0.3 is 0 Å². The molecule has 0 saturated carbocycles. The number of amides is 2. The van der Waals surface area contributed by atoms with Gasteiger partial charge in [0.1, 0.15) is 0 Å². The molecule has 0 bridgehead atoms. The summed E-state index contributed by atoms with van der Waals surface area (Å²) < 4.78 is 0. The van der Waals surface area contributed by atoms with Gasteiger partial charge in [-0.2, -0.15) is 0 Å². The molecule has 1 aliphatic heterocycles. The summed E-state index contributed by atoms with van der Waals surface area (Å²) in [5.41, 5.74) is 1.74. The third-order valence-electron chi connectivity index (χ3n) is 3.80. The summed E-state index contributed by atoms with van der Waals surface area (Å²) in [6.07, 6.45) is 0.423. The first-order valence-corrected chi connectivity index (χ1v) is 7.45. The smallest absolute Gasteiger partial charge is 0.227 e. The van der Waals surface area contributed by atoms with Crippen molar-refractivity contribution in [2.45, 2.75) is 20.3 Å². The average Bonchev–Trinajstić information content (AvgIpc) is 2.49. The first kappa shape index (κ1) is 15.5. The van der Waals surface area contributed by atoms with E-state index in [9.17, 15) is 9.59 Å². The number of hydrogen-bond donors (Lipinski definition) is 1. The lowest BCUT2D eigenvalue weighted by Crippen LogP contribution is -2.48. The Balaban J connectivity index is 1.86. The van der Waals surface area contributed by atoms with Crippen LogP contribution in [0.2, 0.25) is 0 Å². The van der Waals surface area contributed by atoms with Crippen LogP contribution in [0.1, 0.15) is 19.4 Å². The molecular formula is C16H23N3O2.